The highest BCUT2D eigenvalue weighted by Crippen LogP contribution is 2.25. The second-order valence-corrected chi connectivity index (χ2v) is 13.7. The maximum absolute atomic E-state index is 12.8. The Labute approximate surface area is 296 Å². The van der Waals surface area contributed by atoms with Gasteiger partial charge in [0.05, 0.1) is 12.4 Å². The van der Waals surface area contributed by atoms with Crippen LogP contribution in [0.25, 0.3) is 0 Å². The molecule has 0 spiro atoms. The molecule has 272 valence electrons. The number of aromatic hydroxyl groups is 1. The van der Waals surface area contributed by atoms with E-state index in [9.17, 15) is 14.7 Å². The van der Waals surface area contributed by atoms with Crippen LogP contribution in [0.3, 0.4) is 0 Å². The number of hydrogen-bond acceptors (Lipinski definition) is 7. The second-order valence-electron chi connectivity index (χ2n) is 13.7. The summed E-state index contributed by atoms with van der Waals surface area (Å²) in [5, 5.41) is 15.5. The molecule has 3 N–H and O–H groups in total. The van der Waals surface area contributed by atoms with Crippen LogP contribution in [0.2, 0.25) is 0 Å². The van der Waals surface area contributed by atoms with Gasteiger partial charge in [-0.05, 0) is 115 Å². The van der Waals surface area contributed by atoms with Crippen molar-refractivity contribution in [3.63, 3.8) is 0 Å². The lowest BCUT2D eigenvalue weighted by molar-refractivity contribution is -0.116. The van der Waals surface area contributed by atoms with E-state index in [2.05, 4.69) is 46.9 Å². The highest BCUT2D eigenvalue weighted by atomic mass is 16.5. The average Bonchev–Trinajstić information content (AvgIpc) is 3.08. The van der Waals surface area contributed by atoms with Crippen molar-refractivity contribution < 1.29 is 19.4 Å². The van der Waals surface area contributed by atoms with E-state index in [0.717, 1.165) is 87.2 Å². The monoisotopic (exact) mass is 677 g/mol. The van der Waals surface area contributed by atoms with Gasteiger partial charge in [0.25, 0.3) is 0 Å². The largest absolute Gasteiger partial charge is 0.507 e. The first-order chi connectivity index (χ1) is 23.5. The van der Waals surface area contributed by atoms with Crippen LogP contribution in [0.15, 0.2) is 48.8 Å². The molecule has 2 amide bonds. The zero-order valence-electron chi connectivity index (χ0n) is 31.2. The van der Waals surface area contributed by atoms with Crippen LogP contribution in [0, 0.1) is 20.8 Å². The van der Waals surface area contributed by atoms with E-state index < -0.39 is 0 Å². The van der Waals surface area contributed by atoms with Gasteiger partial charge < -0.3 is 35.2 Å². The predicted molar refractivity (Wildman–Crippen MR) is 201 cm³/mol. The van der Waals surface area contributed by atoms with Crippen LogP contribution in [0.5, 0.6) is 5.75 Å². The number of hydrogen-bond donors (Lipinski definition) is 3. The summed E-state index contributed by atoms with van der Waals surface area (Å²) in [6.45, 7) is 23.2. The van der Waals surface area contributed by atoms with Crippen LogP contribution >= 0.6 is 0 Å². The lowest BCUT2D eigenvalue weighted by Gasteiger charge is -2.40. The molecule has 2 fully saturated rings. The number of urea groups is 1. The molecule has 0 saturated carbocycles. The van der Waals surface area contributed by atoms with Crippen molar-refractivity contribution in [2.75, 3.05) is 57.8 Å². The number of rotatable bonds is 10. The molecular weight excluding hydrogens is 614 g/mol. The van der Waals surface area contributed by atoms with Gasteiger partial charge in [0.2, 0.25) is 0 Å². The van der Waals surface area contributed by atoms with Gasteiger partial charge in [-0.25, -0.2) is 4.79 Å². The fraction of sp³-hybridized carbons (Fsp3) is 0.600. The van der Waals surface area contributed by atoms with Crippen molar-refractivity contribution in [2.45, 2.75) is 105 Å². The summed E-state index contributed by atoms with van der Waals surface area (Å²) in [5.41, 5.74) is 5.26. The molecule has 5 rings (SSSR count). The minimum Gasteiger partial charge on any atom is -0.507 e. The van der Waals surface area contributed by atoms with E-state index >= 15 is 0 Å². The van der Waals surface area contributed by atoms with Crippen LogP contribution in [0.1, 0.15) is 88.0 Å². The molecule has 0 aromatic heterocycles. The zero-order valence-corrected chi connectivity index (χ0v) is 31.2. The van der Waals surface area contributed by atoms with Crippen LogP contribution in [-0.2, 0) is 16.0 Å². The molecule has 0 atom stereocenters. The molecule has 0 aliphatic carbocycles. The van der Waals surface area contributed by atoms with E-state index in [4.69, 9.17) is 4.74 Å². The van der Waals surface area contributed by atoms with Crippen molar-refractivity contribution in [3.05, 3.63) is 71.1 Å². The SMILES string of the molecule is C=C(NCC(C)=O)N1CCC(N2CCCc3ccccc3NC2=O)CC1.CCCN(CCC)C1CCOCC1.Cc1cc(C)c(O)c(C)c1. The normalized spacial score (nSPS) is 17.0. The molecule has 0 unspecified atom stereocenters. The Morgan fingerprint density at radius 2 is 1.61 bits per heavy atom. The molecular formula is C40H63N5O4. The highest BCUT2D eigenvalue weighted by molar-refractivity contribution is 5.90. The van der Waals surface area contributed by atoms with Crippen molar-refractivity contribution in [3.8, 4) is 5.75 Å². The number of nitrogens with zero attached hydrogens (tertiary/aromatic N) is 3. The van der Waals surface area contributed by atoms with Crippen LogP contribution < -0.4 is 10.6 Å². The molecule has 49 heavy (non-hydrogen) atoms. The molecule has 0 radical (unpaired) electrons. The van der Waals surface area contributed by atoms with Gasteiger partial charge in [-0.2, -0.15) is 0 Å². The highest BCUT2D eigenvalue weighted by Gasteiger charge is 2.29. The van der Waals surface area contributed by atoms with Crippen LogP contribution in [0.4, 0.5) is 10.5 Å². The summed E-state index contributed by atoms with van der Waals surface area (Å²) in [5.74, 6) is 1.31. The summed E-state index contributed by atoms with van der Waals surface area (Å²) in [7, 11) is 0. The van der Waals surface area contributed by atoms with Gasteiger partial charge in [-0.15, -0.1) is 0 Å². The Morgan fingerprint density at radius 1 is 1.00 bits per heavy atom. The minimum atomic E-state index is 0.00383. The Kier molecular flexibility index (Phi) is 17.0. The van der Waals surface area contributed by atoms with E-state index in [1.807, 2.05) is 56.0 Å². The van der Waals surface area contributed by atoms with Gasteiger partial charge in [0.15, 0.2) is 0 Å². The number of para-hydroxylation sites is 1. The fourth-order valence-electron chi connectivity index (χ4n) is 7.00. The van der Waals surface area contributed by atoms with E-state index in [1.54, 1.807) is 6.92 Å². The zero-order chi connectivity index (χ0) is 35.8. The smallest absolute Gasteiger partial charge is 0.322 e. The quantitative estimate of drug-likeness (QED) is 0.245. The number of carbonyl (C=O) groups is 2. The number of Topliss-reactive ketones (excluding diaryl/α,β-unsaturated/α-hetero) is 1. The number of amides is 2. The number of anilines is 1. The Morgan fingerprint density at radius 3 is 2.20 bits per heavy atom. The van der Waals surface area contributed by atoms with E-state index in [0.29, 0.717) is 12.3 Å². The molecule has 3 aliphatic heterocycles. The number of carbonyl (C=O) groups excluding carboxylic acids is 2. The number of ketones is 1. The minimum absolute atomic E-state index is 0.00383. The number of ether oxygens (including phenoxy) is 1. The molecule has 9 heteroatoms. The first kappa shape index (κ1) is 39.9. The third-order valence-corrected chi connectivity index (χ3v) is 9.56. The molecule has 3 aliphatic rings. The molecule has 9 nitrogen and oxygen atoms in total. The number of phenolic OH excluding ortho intramolecular Hbond substituents is 1. The Hall–Kier alpha value is -3.56. The lowest BCUT2D eigenvalue weighted by Crippen LogP contribution is -2.50. The molecule has 0 bridgehead atoms. The summed E-state index contributed by atoms with van der Waals surface area (Å²) < 4.78 is 5.38. The van der Waals surface area contributed by atoms with E-state index in [-0.39, 0.29) is 17.9 Å². The van der Waals surface area contributed by atoms with Crippen molar-refractivity contribution in [2.24, 2.45) is 0 Å². The third kappa shape index (κ3) is 13.0. The van der Waals surface area contributed by atoms with Crippen molar-refractivity contribution >= 4 is 17.5 Å². The maximum atomic E-state index is 12.8. The first-order valence-electron chi connectivity index (χ1n) is 18.4. The number of benzene rings is 2. The van der Waals surface area contributed by atoms with Crippen LogP contribution in [-0.4, -0.2) is 96.2 Å². The van der Waals surface area contributed by atoms with E-state index in [1.165, 1.54) is 49.9 Å². The number of phenols is 1. The number of fused-ring (bicyclic) bond motifs is 1. The van der Waals surface area contributed by atoms with Gasteiger partial charge in [-0.3, -0.25) is 4.79 Å². The number of piperidine rings is 1. The fourth-order valence-corrected chi connectivity index (χ4v) is 7.00. The standard InChI is InChI=1S/C20H28N4O2.C11H23NO.C9H12O/c1-15(25)14-21-16(2)23-12-9-18(10-13-23)24-11-5-7-17-6-3-4-8-19(17)22-20(24)26;1-3-7-12(8-4-2)11-5-9-13-10-6-11;1-6-4-7(2)9(10)8(3)5-6/h3-4,6,8,18,21H,2,5,7,9-14H2,1H3,(H,22,26);11H,3-10H2,1-2H3;4-5,10H,1-3H3. The number of nitrogens with one attached hydrogen (secondary N) is 2. The van der Waals surface area contributed by atoms with Crippen molar-refractivity contribution in [1.82, 2.24) is 20.0 Å². The summed E-state index contributed by atoms with van der Waals surface area (Å²) in [6.07, 6.45) is 8.81. The number of likely N-dealkylation sites (tertiary alicyclic amines) is 1. The van der Waals surface area contributed by atoms with Gasteiger partial charge >= 0.3 is 6.03 Å². The summed E-state index contributed by atoms with van der Waals surface area (Å²) in [4.78, 5) is 30.7. The van der Waals surface area contributed by atoms with Crippen molar-refractivity contribution in [1.29, 1.82) is 0 Å². The Balaban J connectivity index is 0.000000234. The topological polar surface area (TPSA) is 97.4 Å². The molecule has 2 saturated heterocycles. The third-order valence-electron chi connectivity index (χ3n) is 9.56. The first-order valence-corrected chi connectivity index (χ1v) is 18.4. The molecule has 2 aromatic rings. The molecule has 3 heterocycles. The predicted octanol–water partition coefficient (Wildman–Crippen LogP) is 7.19. The number of aryl methyl sites for hydroxylation is 4. The summed E-state index contributed by atoms with van der Waals surface area (Å²) in [6, 6.07) is 13.0. The summed E-state index contributed by atoms with van der Waals surface area (Å²) >= 11 is 0. The molecule has 2 aromatic carbocycles. The maximum Gasteiger partial charge on any atom is 0.322 e. The average molecular weight is 678 g/mol. The van der Waals surface area contributed by atoms with Gasteiger partial charge in [0, 0.05) is 50.6 Å². The Bertz CT molecular complexity index is 1300. The lowest BCUT2D eigenvalue weighted by atomic mass is 10.0. The van der Waals surface area contributed by atoms with Gasteiger partial charge in [-0.1, -0.05) is 56.3 Å². The van der Waals surface area contributed by atoms with Gasteiger partial charge in [0.1, 0.15) is 11.5 Å². The second kappa shape index (κ2) is 20.8.